The molecule has 1 saturated carbocycles. The van der Waals surface area contributed by atoms with E-state index in [1.54, 1.807) is 12.4 Å². The summed E-state index contributed by atoms with van der Waals surface area (Å²) < 4.78 is 5.63. The molecule has 116 valence electrons. The largest absolute Gasteiger partial charge is 0.461 e. The van der Waals surface area contributed by atoms with Crippen molar-refractivity contribution in [2.75, 3.05) is 0 Å². The van der Waals surface area contributed by atoms with Crippen molar-refractivity contribution in [3.63, 3.8) is 0 Å². The van der Waals surface area contributed by atoms with E-state index in [1.807, 2.05) is 12.1 Å². The van der Waals surface area contributed by atoms with Gasteiger partial charge in [-0.15, -0.1) is 0 Å². The van der Waals surface area contributed by atoms with Gasteiger partial charge in [0, 0.05) is 12.4 Å². The van der Waals surface area contributed by atoms with Crippen molar-refractivity contribution in [2.24, 2.45) is 5.73 Å². The standard InChI is InChI=1S/C17H26N2O2/c18-16(12-14-8-7-11-19-13-14)17(20)21-15-9-5-3-1-2-4-6-10-15/h7-8,11,13,15-16H,1-6,9-10,12,18H2/t16-/m1/s1. The average Bonchev–Trinajstić information content (AvgIpc) is 2.62. The Balaban J connectivity index is 1.81. The fourth-order valence-electron chi connectivity index (χ4n) is 2.82. The molecule has 1 aromatic rings. The van der Waals surface area contributed by atoms with Crippen molar-refractivity contribution >= 4 is 5.97 Å². The number of hydrogen-bond acceptors (Lipinski definition) is 4. The van der Waals surface area contributed by atoms with Crippen molar-refractivity contribution in [3.8, 4) is 0 Å². The Hall–Kier alpha value is -1.42. The van der Waals surface area contributed by atoms with Crippen molar-refractivity contribution in [3.05, 3.63) is 30.1 Å². The highest BCUT2D eigenvalue weighted by molar-refractivity contribution is 5.76. The topological polar surface area (TPSA) is 65.2 Å². The number of esters is 1. The van der Waals surface area contributed by atoms with E-state index in [0.29, 0.717) is 6.42 Å². The zero-order valence-corrected chi connectivity index (χ0v) is 12.7. The minimum Gasteiger partial charge on any atom is -0.461 e. The van der Waals surface area contributed by atoms with Crippen LogP contribution in [0.4, 0.5) is 0 Å². The molecule has 1 aliphatic carbocycles. The summed E-state index contributed by atoms with van der Waals surface area (Å²) in [5, 5.41) is 0. The van der Waals surface area contributed by atoms with Crippen LogP contribution in [0.25, 0.3) is 0 Å². The number of ether oxygens (including phenoxy) is 1. The van der Waals surface area contributed by atoms with E-state index in [0.717, 1.165) is 31.2 Å². The van der Waals surface area contributed by atoms with Crippen LogP contribution in [0, 0.1) is 0 Å². The van der Waals surface area contributed by atoms with Crippen molar-refractivity contribution in [1.29, 1.82) is 0 Å². The number of aromatic nitrogens is 1. The molecule has 0 radical (unpaired) electrons. The molecule has 2 rings (SSSR count). The second-order valence-corrected chi connectivity index (χ2v) is 5.93. The molecule has 0 bridgehead atoms. The SMILES string of the molecule is N[C@H](Cc1cccnc1)C(=O)OC1CCCCCCCC1. The van der Waals surface area contributed by atoms with Crippen molar-refractivity contribution < 1.29 is 9.53 Å². The molecule has 0 amide bonds. The summed E-state index contributed by atoms with van der Waals surface area (Å²) >= 11 is 0. The van der Waals surface area contributed by atoms with Gasteiger partial charge < -0.3 is 10.5 Å². The van der Waals surface area contributed by atoms with Gasteiger partial charge in [0.05, 0.1) is 0 Å². The first-order valence-electron chi connectivity index (χ1n) is 8.10. The second kappa shape index (κ2) is 8.78. The van der Waals surface area contributed by atoms with E-state index in [-0.39, 0.29) is 12.1 Å². The predicted octanol–water partition coefficient (Wildman–Crippen LogP) is 3.00. The molecule has 1 aliphatic rings. The van der Waals surface area contributed by atoms with E-state index >= 15 is 0 Å². The van der Waals surface area contributed by atoms with Gasteiger partial charge in [-0.05, 0) is 43.7 Å². The van der Waals surface area contributed by atoms with E-state index < -0.39 is 6.04 Å². The molecule has 0 saturated heterocycles. The molecule has 2 N–H and O–H groups in total. The Kier molecular flexibility index (Phi) is 6.67. The lowest BCUT2D eigenvalue weighted by molar-refractivity contribution is -0.151. The van der Waals surface area contributed by atoms with Gasteiger partial charge >= 0.3 is 5.97 Å². The van der Waals surface area contributed by atoms with Crippen LogP contribution in [0.15, 0.2) is 24.5 Å². The first-order valence-corrected chi connectivity index (χ1v) is 8.10. The molecule has 0 unspecified atom stereocenters. The zero-order chi connectivity index (χ0) is 14.9. The normalized spacial score (nSPS) is 19.1. The molecule has 0 aromatic carbocycles. The molecule has 4 nitrogen and oxygen atoms in total. The Morgan fingerprint density at radius 3 is 2.52 bits per heavy atom. The number of pyridine rings is 1. The predicted molar refractivity (Wildman–Crippen MR) is 82.7 cm³/mol. The Labute approximate surface area is 127 Å². The summed E-state index contributed by atoms with van der Waals surface area (Å²) in [7, 11) is 0. The lowest BCUT2D eigenvalue weighted by atomic mass is 10.1. The Morgan fingerprint density at radius 1 is 1.24 bits per heavy atom. The van der Waals surface area contributed by atoms with Crippen LogP contribution in [0.5, 0.6) is 0 Å². The van der Waals surface area contributed by atoms with Crippen LogP contribution in [0.3, 0.4) is 0 Å². The number of rotatable bonds is 4. The zero-order valence-electron chi connectivity index (χ0n) is 12.7. The summed E-state index contributed by atoms with van der Waals surface area (Å²) in [5.41, 5.74) is 6.93. The number of hydrogen-bond donors (Lipinski definition) is 1. The maximum atomic E-state index is 12.1. The first kappa shape index (κ1) is 16.0. The highest BCUT2D eigenvalue weighted by atomic mass is 16.5. The van der Waals surface area contributed by atoms with Crippen molar-refractivity contribution in [2.45, 2.75) is 69.9 Å². The van der Waals surface area contributed by atoms with Gasteiger partial charge in [0.2, 0.25) is 0 Å². The number of nitrogens with two attached hydrogens (primary N) is 1. The number of carbonyl (C=O) groups is 1. The smallest absolute Gasteiger partial charge is 0.323 e. The first-order chi connectivity index (χ1) is 10.3. The lowest BCUT2D eigenvalue weighted by Gasteiger charge is -2.19. The maximum Gasteiger partial charge on any atom is 0.323 e. The fraction of sp³-hybridized carbons (Fsp3) is 0.647. The highest BCUT2D eigenvalue weighted by Gasteiger charge is 2.21. The van der Waals surface area contributed by atoms with E-state index in [4.69, 9.17) is 10.5 Å². The molecule has 21 heavy (non-hydrogen) atoms. The van der Waals surface area contributed by atoms with Crippen LogP contribution >= 0.6 is 0 Å². The lowest BCUT2D eigenvalue weighted by Crippen LogP contribution is -2.36. The van der Waals surface area contributed by atoms with Gasteiger partial charge in [0.1, 0.15) is 12.1 Å². The molecule has 0 spiro atoms. The maximum absolute atomic E-state index is 12.1. The molecular weight excluding hydrogens is 264 g/mol. The van der Waals surface area contributed by atoms with Crippen LogP contribution in [0.2, 0.25) is 0 Å². The summed E-state index contributed by atoms with van der Waals surface area (Å²) in [6.07, 6.45) is 13.4. The van der Waals surface area contributed by atoms with Gasteiger partial charge in [0.25, 0.3) is 0 Å². The molecule has 0 aliphatic heterocycles. The quantitative estimate of drug-likeness (QED) is 0.866. The van der Waals surface area contributed by atoms with Crippen LogP contribution in [0.1, 0.15) is 56.9 Å². The number of carbonyl (C=O) groups excluding carboxylic acids is 1. The minimum absolute atomic E-state index is 0.0514. The van der Waals surface area contributed by atoms with E-state index in [9.17, 15) is 4.79 Å². The van der Waals surface area contributed by atoms with Gasteiger partial charge in [0.15, 0.2) is 0 Å². The van der Waals surface area contributed by atoms with Gasteiger partial charge in [-0.1, -0.05) is 31.7 Å². The molecule has 1 heterocycles. The number of nitrogens with zero attached hydrogens (tertiary/aromatic N) is 1. The highest BCUT2D eigenvalue weighted by Crippen LogP contribution is 2.19. The molecule has 1 atom stereocenters. The second-order valence-electron chi connectivity index (χ2n) is 5.93. The van der Waals surface area contributed by atoms with Crippen LogP contribution in [-0.2, 0) is 16.0 Å². The summed E-state index contributed by atoms with van der Waals surface area (Å²) in [4.78, 5) is 16.2. The molecular formula is C17H26N2O2. The summed E-state index contributed by atoms with van der Waals surface area (Å²) in [5.74, 6) is -0.275. The summed E-state index contributed by atoms with van der Waals surface area (Å²) in [6, 6.07) is 3.19. The Morgan fingerprint density at radius 2 is 1.90 bits per heavy atom. The van der Waals surface area contributed by atoms with E-state index in [1.165, 1.54) is 25.7 Å². The molecule has 1 fully saturated rings. The Bertz CT molecular complexity index is 412. The monoisotopic (exact) mass is 290 g/mol. The molecule has 4 heteroatoms. The van der Waals surface area contributed by atoms with Crippen LogP contribution in [-0.4, -0.2) is 23.1 Å². The minimum atomic E-state index is -0.596. The van der Waals surface area contributed by atoms with Crippen LogP contribution < -0.4 is 5.73 Å². The van der Waals surface area contributed by atoms with E-state index in [2.05, 4.69) is 4.98 Å². The third-order valence-electron chi connectivity index (χ3n) is 4.07. The summed E-state index contributed by atoms with van der Waals surface area (Å²) in [6.45, 7) is 0. The molecule has 1 aromatic heterocycles. The van der Waals surface area contributed by atoms with Gasteiger partial charge in [-0.3, -0.25) is 9.78 Å². The fourth-order valence-corrected chi connectivity index (χ4v) is 2.82. The third-order valence-corrected chi connectivity index (χ3v) is 4.07. The average molecular weight is 290 g/mol. The van der Waals surface area contributed by atoms with Gasteiger partial charge in [-0.2, -0.15) is 0 Å². The third kappa shape index (κ3) is 5.84. The van der Waals surface area contributed by atoms with Gasteiger partial charge in [-0.25, -0.2) is 0 Å². The van der Waals surface area contributed by atoms with Crippen molar-refractivity contribution in [1.82, 2.24) is 4.98 Å².